The monoisotopic (exact) mass is 286 g/mol. The summed E-state index contributed by atoms with van der Waals surface area (Å²) >= 11 is 6.12. The van der Waals surface area contributed by atoms with Crippen LogP contribution >= 0.6 is 11.6 Å². The third-order valence-electron chi connectivity index (χ3n) is 2.70. The molecule has 0 aliphatic heterocycles. The second-order valence-electron chi connectivity index (χ2n) is 4.08. The predicted molar refractivity (Wildman–Crippen MR) is 76.3 cm³/mol. The molecule has 0 aliphatic rings. The van der Waals surface area contributed by atoms with Crippen molar-refractivity contribution < 1.29 is 4.52 Å². The maximum absolute atomic E-state index is 6.12. The molecule has 0 atom stereocenters. The van der Waals surface area contributed by atoms with Crippen molar-refractivity contribution in [1.29, 1.82) is 0 Å². The Kier molecular flexibility index (Phi) is 3.60. The number of nitrogens with zero attached hydrogens (tertiary/aromatic N) is 3. The molecule has 0 unspecified atom stereocenters. The highest BCUT2D eigenvalue weighted by atomic mass is 35.5. The summed E-state index contributed by atoms with van der Waals surface area (Å²) in [5.74, 6) is 1.23. The lowest BCUT2D eigenvalue weighted by Gasteiger charge is -1.99. The normalized spacial score (nSPS) is 10.4. The number of hydrogen-bond donors (Lipinski definition) is 1. The number of aromatic nitrogens is 3. The second kappa shape index (κ2) is 5.71. The molecular formula is C14H11ClN4O. The standard InChI is InChI=1S/C14H11ClN4O/c15-12-5-2-1-4-11(12)13-8-10(20-19-13)9-18-14-16-6-3-7-17-14/h1-8H,9H2,(H,16,17,18). The van der Waals surface area contributed by atoms with Gasteiger partial charge in [0, 0.05) is 24.0 Å². The summed E-state index contributed by atoms with van der Waals surface area (Å²) in [6, 6.07) is 11.1. The Balaban J connectivity index is 1.73. The first kappa shape index (κ1) is 12.6. The van der Waals surface area contributed by atoms with Crippen LogP contribution in [0.3, 0.4) is 0 Å². The molecule has 0 amide bonds. The topological polar surface area (TPSA) is 63.8 Å². The summed E-state index contributed by atoms with van der Waals surface area (Å²) in [6.45, 7) is 0.460. The number of hydrogen-bond acceptors (Lipinski definition) is 5. The first-order valence-electron chi connectivity index (χ1n) is 6.04. The van der Waals surface area contributed by atoms with Gasteiger partial charge in [0.15, 0.2) is 5.76 Å². The van der Waals surface area contributed by atoms with E-state index in [1.54, 1.807) is 18.5 Å². The predicted octanol–water partition coefficient (Wildman–Crippen LogP) is 3.40. The average Bonchev–Trinajstić information content (AvgIpc) is 2.95. The van der Waals surface area contributed by atoms with Gasteiger partial charge in [-0.25, -0.2) is 9.97 Å². The van der Waals surface area contributed by atoms with E-state index in [1.807, 2.05) is 30.3 Å². The van der Waals surface area contributed by atoms with Gasteiger partial charge in [-0.15, -0.1) is 0 Å². The molecule has 2 heterocycles. The SMILES string of the molecule is Clc1ccccc1-c1cc(CNc2ncccn2)on1. The number of nitrogens with one attached hydrogen (secondary N) is 1. The summed E-state index contributed by atoms with van der Waals surface area (Å²) in [4.78, 5) is 8.13. The maximum Gasteiger partial charge on any atom is 0.222 e. The van der Waals surface area contributed by atoms with Crippen molar-refractivity contribution in [2.45, 2.75) is 6.54 Å². The number of anilines is 1. The molecule has 0 spiro atoms. The molecular weight excluding hydrogens is 276 g/mol. The Morgan fingerprint density at radius 1 is 1.10 bits per heavy atom. The van der Waals surface area contributed by atoms with E-state index in [9.17, 15) is 0 Å². The average molecular weight is 287 g/mol. The Morgan fingerprint density at radius 3 is 2.70 bits per heavy atom. The van der Waals surface area contributed by atoms with Crippen molar-refractivity contribution in [1.82, 2.24) is 15.1 Å². The molecule has 0 radical (unpaired) electrons. The van der Waals surface area contributed by atoms with Crippen molar-refractivity contribution in [3.8, 4) is 11.3 Å². The molecule has 20 heavy (non-hydrogen) atoms. The molecule has 6 heteroatoms. The third kappa shape index (κ3) is 2.78. The van der Waals surface area contributed by atoms with E-state index in [-0.39, 0.29) is 0 Å². The zero-order chi connectivity index (χ0) is 13.8. The van der Waals surface area contributed by atoms with Gasteiger partial charge < -0.3 is 9.84 Å². The Labute approximate surface area is 120 Å². The van der Waals surface area contributed by atoms with Crippen LogP contribution in [0.2, 0.25) is 5.02 Å². The van der Waals surface area contributed by atoms with Crippen LogP contribution in [-0.4, -0.2) is 15.1 Å². The van der Waals surface area contributed by atoms with Crippen LogP contribution in [0.1, 0.15) is 5.76 Å². The van der Waals surface area contributed by atoms with E-state index in [0.29, 0.717) is 29.0 Å². The van der Waals surface area contributed by atoms with Gasteiger partial charge in [-0.05, 0) is 12.1 Å². The first-order chi connectivity index (χ1) is 9.83. The zero-order valence-corrected chi connectivity index (χ0v) is 11.2. The molecule has 0 saturated heterocycles. The third-order valence-corrected chi connectivity index (χ3v) is 3.02. The van der Waals surface area contributed by atoms with Crippen LogP contribution in [0.4, 0.5) is 5.95 Å². The molecule has 0 aliphatic carbocycles. The van der Waals surface area contributed by atoms with Gasteiger partial charge in [0.1, 0.15) is 5.69 Å². The summed E-state index contributed by atoms with van der Waals surface area (Å²) in [7, 11) is 0. The summed E-state index contributed by atoms with van der Waals surface area (Å²) < 4.78 is 5.27. The molecule has 3 rings (SSSR count). The van der Waals surface area contributed by atoms with Crippen LogP contribution in [0.15, 0.2) is 53.3 Å². The lowest BCUT2D eigenvalue weighted by atomic mass is 10.1. The Bertz CT molecular complexity index is 699. The van der Waals surface area contributed by atoms with Crippen LogP contribution in [0, 0.1) is 0 Å². The summed E-state index contributed by atoms with van der Waals surface area (Å²) in [5, 5.41) is 7.72. The molecule has 1 aromatic carbocycles. The van der Waals surface area contributed by atoms with Gasteiger partial charge in [-0.2, -0.15) is 0 Å². The lowest BCUT2D eigenvalue weighted by molar-refractivity contribution is 0.390. The van der Waals surface area contributed by atoms with Gasteiger partial charge in [-0.1, -0.05) is 35.0 Å². The number of benzene rings is 1. The van der Waals surface area contributed by atoms with Gasteiger partial charge >= 0.3 is 0 Å². The van der Waals surface area contributed by atoms with Gasteiger partial charge in [0.2, 0.25) is 5.95 Å². The molecule has 0 saturated carbocycles. The van der Waals surface area contributed by atoms with Crippen LogP contribution < -0.4 is 5.32 Å². The largest absolute Gasteiger partial charge is 0.359 e. The maximum atomic E-state index is 6.12. The van der Waals surface area contributed by atoms with Crippen LogP contribution in [-0.2, 0) is 6.54 Å². The van der Waals surface area contributed by atoms with E-state index in [0.717, 1.165) is 5.56 Å². The van der Waals surface area contributed by atoms with E-state index >= 15 is 0 Å². The highest BCUT2D eigenvalue weighted by Gasteiger charge is 2.09. The smallest absolute Gasteiger partial charge is 0.222 e. The van der Waals surface area contributed by atoms with Crippen LogP contribution in [0.25, 0.3) is 11.3 Å². The molecule has 2 aromatic heterocycles. The van der Waals surface area contributed by atoms with Crippen molar-refractivity contribution in [2.24, 2.45) is 0 Å². The number of halogens is 1. The minimum absolute atomic E-state index is 0.460. The van der Waals surface area contributed by atoms with Crippen molar-refractivity contribution in [3.05, 3.63) is 59.6 Å². The van der Waals surface area contributed by atoms with E-state index in [2.05, 4.69) is 20.4 Å². The highest BCUT2D eigenvalue weighted by Crippen LogP contribution is 2.27. The minimum Gasteiger partial charge on any atom is -0.359 e. The first-order valence-corrected chi connectivity index (χ1v) is 6.42. The van der Waals surface area contributed by atoms with Gasteiger partial charge in [0.25, 0.3) is 0 Å². The Hall–Kier alpha value is -2.40. The van der Waals surface area contributed by atoms with Gasteiger partial charge in [0.05, 0.1) is 11.6 Å². The van der Waals surface area contributed by atoms with E-state index < -0.39 is 0 Å². The fourth-order valence-electron chi connectivity index (χ4n) is 1.75. The second-order valence-corrected chi connectivity index (χ2v) is 4.49. The molecule has 3 aromatic rings. The van der Waals surface area contributed by atoms with Crippen molar-refractivity contribution >= 4 is 17.5 Å². The molecule has 100 valence electrons. The molecule has 1 N–H and O–H groups in total. The quantitative estimate of drug-likeness (QED) is 0.796. The minimum atomic E-state index is 0.460. The number of rotatable bonds is 4. The van der Waals surface area contributed by atoms with E-state index in [1.165, 1.54) is 0 Å². The highest BCUT2D eigenvalue weighted by molar-refractivity contribution is 6.33. The molecule has 0 bridgehead atoms. The lowest BCUT2D eigenvalue weighted by Crippen LogP contribution is -2.01. The summed E-state index contributed by atoms with van der Waals surface area (Å²) in [6.07, 6.45) is 3.34. The fourth-order valence-corrected chi connectivity index (χ4v) is 1.98. The fraction of sp³-hybridized carbons (Fsp3) is 0.0714. The van der Waals surface area contributed by atoms with E-state index in [4.69, 9.17) is 16.1 Å². The molecule has 5 nitrogen and oxygen atoms in total. The molecule has 0 fully saturated rings. The van der Waals surface area contributed by atoms with Crippen molar-refractivity contribution in [2.75, 3.05) is 5.32 Å². The summed E-state index contributed by atoms with van der Waals surface area (Å²) in [5.41, 5.74) is 1.56. The van der Waals surface area contributed by atoms with Crippen molar-refractivity contribution in [3.63, 3.8) is 0 Å². The van der Waals surface area contributed by atoms with Crippen LogP contribution in [0.5, 0.6) is 0 Å². The zero-order valence-electron chi connectivity index (χ0n) is 10.5. The van der Waals surface area contributed by atoms with Gasteiger partial charge in [-0.3, -0.25) is 0 Å². The Morgan fingerprint density at radius 2 is 1.90 bits per heavy atom.